The predicted octanol–water partition coefficient (Wildman–Crippen LogP) is 1.80. The zero-order chi connectivity index (χ0) is 14.4. The number of aliphatic hydroxyl groups excluding tert-OH is 1. The van der Waals surface area contributed by atoms with Crippen molar-refractivity contribution in [2.24, 2.45) is 5.73 Å². The molecule has 0 radical (unpaired) electrons. The summed E-state index contributed by atoms with van der Waals surface area (Å²) in [4.78, 5) is 12.0. The number of carbonyl (C=O) groups is 1. The first kappa shape index (κ1) is 14.2. The minimum absolute atomic E-state index is 0.0352. The first-order valence-corrected chi connectivity index (χ1v) is 6.51. The van der Waals surface area contributed by atoms with Gasteiger partial charge in [0.15, 0.2) is 0 Å². The Hall–Kier alpha value is -2.17. The molecule has 0 saturated carbocycles. The van der Waals surface area contributed by atoms with Crippen molar-refractivity contribution < 1.29 is 9.90 Å². The highest BCUT2D eigenvalue weighted by molar-refractivity contribution is 6.04. The zero-order valence-electron chi connectivity index (χ0n) is 11.1. The van der Waals surface area contributed by atoms with Gasteiger partial charge in [-0.3, -0.25) is 4.79 Å². The van der Waals surface area contributed by atoms with Gasteiger partial charge < -0.3 is 16.2 Å². The molecule has 0 fully saturated rings. The molecule has 0 aliphatic carbocycles. The summed E-state index contributed by atoms with van der Waals surface area (Å²) in [6, 6.07) is 16.3. The molecule has 0 heterocycles. The average Bonchev–Trinajstić information content (AvgIpc) is 2.50. The van der Waals surface area contributed by atoms with Gasteiger partial charge in [0.05, 0.1) is 6.61 Å². The maximum absolute atomic E-state index is 12.0. The van der Waals surface area contributed by atoms with E-state index in [0.29, 0.717) is 12.0 Å². The largest absolute Gasteiger partial charge is 0.395 e. The standard InChI is InChI=1S/C16H18N2O2/c17-14(11-19)10-12-6-8-15(9-7-12)18-16(20)13-4-2-1-3-5-13/h1-9,14,19H,10-11,17H2,(H,18,20)/t14-/m0/s1. The van der Waals surface area contributed by atoms with Gasteiger partial charge in [0.25, 0.3) is 5.91 Å². The fraction of sp³-hybridized carbons (Fsp3) is 0.188. The molecule has 0 saturated heterocycles. The number of amides is 1. The lowest BCUT2D eigenvalue weighted by molar-refractivity contribution is 0.102. The van der Waals surface area contributed by atoms with Gasteiger partial charge in [0, 0.05) is 17.3 Å². The van der Waals surface area contributed by atoms with E-state index in [2.05, 4.69) is 5.32 Å². The zero-order valence-corrected chi connectivity index (χ0v) is 11.1. The number of hydrogen-bond acceptors (Lipinski definition) is 3. The molecule has 0 aliphatic heterocycles. The molecule has 4 heteroatoms. The lowest BCUT2D eigenvalue weighted by Crippen LogP contribution is -2.26. The molecule has 0 aliphatic rings. The van der Waals surface area contributed by atoms with Crippen molar-refractivity contribution in [3.63, 3.8) is 0 Å². The first-order valence-electron chi connectivity index (χ1n) is 6.51. The van der Waals surface area contributed by atoms with Crippen molar-refractivity contribution in [3.8, 4) is 0 Å². The highest BCUT2D eigenvalue weighted by atomic mass is 16.3. The maximum atomic E-state index is 12.0. The molecule has 0 spiro atoms. The monoisotopic (exact) mass is 270 g/mol. The maximum Gasteiger partial charge on any atom is 0.255 e. The second kappa shape index (κ2) is 6.84. The molecule has 4 nitrogen and oxygen atoms in total. The fourth-order valence-electron chi connectivity index (χ4n) is 1.88. The van der Waals surface area contributed by atoms with Crippen molar-refractivity contribution in [2.75, 3.05) is 11.9 Å². The number of rotatable bonds is 5. The third kappa shape index (κ3) is 3.91. The van der Waals surface area contributed by atoms with Gasteiger partial charge >= 0.3 is 0 Å². The molecule has 0 bridgehead atoms. The molecule has 2 aromatic carbocycles. The average molecular weight is 270 g/mol. The summed E-state index contributed by atoms with van der Waals surface area (Å²) in [6.45, 7) is -0.0352. The van der Waals surface area contributed by atoms with Gasteiger partial charge in [-0.1, -0.05) is 30.3 Å². The van der Waals surface area contributed by atoms with Crippen LogP contribution in [0.25, 0.3) is 0 Å². The highest BCUT2D eigenvalue weighted by Gasteiger charge is 2.06. The minimum Gasteiger partial charge on any atom is -0.395 e. The van der Waals surface area contributed by atoms with E-state index in [1.807, 2.05) is 42.5 Å². The third-order valence-electron chi connectivity index (χ3n) is 2.98. The van der Waals surface area contributed by atoms with Crippen LogP contribution >= 0.6 is 0 Å². The van der Waals surface area contributed by atoms with Crippen LogP contribution in [0.15, 0.2) is 54.6 Å². The fourth-order valence-corrected chi connectivity index (χ4v) is 1.88. The van der Waals surface area contributed by atoms with Crippen molar-refractivity contribution in [1.29, 1.82) is 0 Å². The molecule has 20 heavy (non-hydrogen) atoms. The summed E-state index contributed by atoms with van der Waals surface area (Å²) in [5, 5.41) is 11.7. The van der Waals surface area contributed by atoms with E-state index >= 15 is 0 Å². The van der Waals surface area contributed by atoms with Gasteiger partial charge in [0.1, 0.15) is 0 Å². The molecule has 4 N–H and O–H groups in total. The van der Waals surface area contributed by atoms with Crippen LogP contribution in [0, 0.1) is 0 Å². The number of aliphatic hydroxyl groups is 1. The number of anilines is 1. The van der Waals surface area contributed by atoms with E-state index < -0.39 is 0 Å². The normalized spacial score (nSPS) is 11.9. The van der Waals surface area contributed by atoms with E-state index in [9.17, 15) is 4.79 Å². The van der Waals surface area contributed by atoms with Crippen LogP contribution in [0.3, 0.4) is 0 Å². The number of nitrogens with one attached hydrogen (secondary N) is 1. The van der Waals surface area contributed by atoms with E-state index in [-0.39, 0.29) is 18.6 Å². The van der Waals surface area contributed by atoms with E-state index in [1.165, 1.54) is 0 Å². The van der Waals surface area contributed by atoms with Crippen LogP contribution < -0.4 is 11.1 Å². The van der Waals surface area contributed by atoms with Crippen molar-refractivity contribution in [3.05, 3.63) is 65.7 Å². The van der Waals surface area contributed by atoms with Crippen LogP contribution in [-0.2, 0) is 6.42 Å². The Labute approximate surface area is 118 Å². The topological polar surface area (TPSA) is 75.3 Å². The SMILES string of the molecule is N[C@H](CO)Cc1ccc(NC(=O)c2ccccc2)cc1. The molecular weight excluding hydrogens is 252 g/mol. The van der Waals surface area contributed by atoms with Gasteiger partial charge in [-0.05, 0) is 36.2 Å². The third-order valence-corrected chi connectivity index (χ3v) is 2.98. The Balaban J connectivity index is 1.99. The summed E-state index contributed by atoms with van der Waals surface area (Å²) < 4.78 is 0. The van der Waals surface area contributed by atoms with Gasteiger partial charge in [-0.25, -0.2) is 0 Å². The Kier molecular flexibility index (Phi) is 4.87. The predicted molar refractivity (Wildman–Crippen MR) is 79.6 cm³/mol. The minimum atomic E-state index is -0.250. The van der Waals surface area contributed by atoms with Crippen LogP contribution in [-0.4, -0.2) is 23.7 Å². The van der Waals surface area contributed by atoms with Crippen LogP contribution in [0.4, 0.5) is 5.69 Å². The Morgan fingerprint density at radius 3 is 2.35 bits per heavy atom. The van der Waals surface area contributed by atoms with E-state index in [1.54, 1.807) is 12.1 Å². The molecule has 0 aromatic heterocycles. The number of benzene rings is 2. The van der Waals surface area contributed by atoms with E-state index in [0.717, 1.165) is 11.3 Å². The molecule has 104 valence electrons. The van der Waals surface area contributed by atoms with Gasteiger partial charge in [0.2, 0.25) is 0 Å². The highest BCUT2D eigenvalue weighted by Crippen LogP contribution is 2.12. The van der Waals surface area contributed by atoms with Gasteiger partial charge in [-0.2, -0.15) is 0 Å². The van der Waals surface area contributed by atoms with Crippen LogP contribution in [0.1, 0.15) is 15.9 Å². The summed E-state index contributed by atoms with van der Waals surface area (Å²) in [5.74, 6) is -0.134. The number of nitrogens with two attached hydrogens (primary N) is 1. The Morgan fingerprint density at radius 2 is 1.75 bits per heavy atom. The summed E-state index contributed by atoms with van der Waals surface area (Å²) in [7, 11) is 0. The first-order chi connectivity index (χ1) is 9.69. The molecule has 0 unspecified atom stereocenters. The Bertz CT molecular complexity index is 552. The molecule has 2 rings (SSSR count). The molecule has 2 aromatic rings. The Morgan fingerprint density at radius 1 is 1.10 bits per heavy atom. The van der Waals surface area contributed by atoms with Crippen molar-refractivity contribution in [1.82, 2.24) is 0 Å². The van der Waals surface area contributed by atoms with Gasteiger partial charge in [-0.15, -0.1) is 0 Å². The summed E-state index contributed by atoms with van der Waals surface area (Å²) in [5.41, 5.74) is 8.07. The van der Waals surface area contributed by atoms with Crippen LogP contribution in [0.2, 0.25) is 0 Å². The summed E-state index contributed by atoms with van der Waals surface area (Å²) in [6.07, 6.45) is 0.614. The smallest absolute Gasteiger partial charge is 0.255 e. The second-order valence-corrected chi connectivity index (χ2v) is 4.66. The lowest BCUT2D eigenvalue weighted by Gasteiger charge is -2.09. The molecular formula is C16H18N2O2. The lowest BCUT2D eigenvalue weighted by atomic mass is 10.1. The van der Waals surface area contributed by atoms with Crippen molar-refractivity contribution >= 4 is 11.6 Å². The van der Waals surface area contributed by atoms with E-state index in [4.69, 9.17) is 10.8 Å². The van der Waals surface area contributed by atoms with Crippen LogP contribution in [0.5, 0.6) is 0 Å². The number of hydrogen-bond donors (Lipinski definition) is 3. The summed E-state index contributed by atoms with van der Waals surface area (Å²) >= 11 is 0. The number of carbonyl (C=O) groups excluding carboxylic acids is 1. The molecule has 1 amide bonds. The quantitative estimate of drug-likeness (QED) is 0.775. The second-order valence-electron chi connectivity index (χ2n) is 4.66. The molecule has 1 atom stereocenters. The van der Waals surface area contributed by atoms with Crippen molar-refractivity contribution in [2.45, 2.75) is 12.5 Å².